The molecule has 0 saturated carbocycles. The van der Waals surface area contributed by atoms with Gasteiger partial charge in [-0.1, -0.05) is 12.2 Å². The van der Waals surface area contributed by atoms with Crippen molar-refractivity contribution < 1.29 is 19.0 Å². The van der Waals surface area contributed by atoms with Crippen molar-refractivity contribution >= 4 is 5.91 Å². The Bertz CT molecular complexity index is 656. The van der Waals surface area contributed by atoms with E-state index in [0.29, 0.717) is 22.8 Å². The van der Waals surface area contributed by atoms with Crippen molar-refractivity contribution in [1.82, 2.24) is 9.80 Å². The Balaban J connectivity index is 1.62. The lowest BCUT2D eigenvalue weighted by Crippen LogP contribution is -2.49. The first kappa shape index (κ1) is 19.5. The van der Waals surface area contributed by atoms with Crippen LogP contribution in [0.3, 0.4) is 0 Å². The van der Waals surface area contributed by atoms with Gasteiger partial charge in [-0.05, 0) is 37.3 Å². The van der Waals surface area contributed by atoms with Crippen LogP contribution in [0.15, 0.2) is 24.3 Å². The largest absolute Gasteiger partial charge is 0.493 e. The van der Waals surface area contributed by atoms with E-state index >= 15 is 0 Å². The number of rotatable bonds is 6. The fraction of sp³-hybridized carbons (Fsp3) is 0.571. The predicted octanol–water partition coefficient (Wildman–Crippen LogP) is 2.83. The van der Waals surface area contributed by atoms with E-state index in [1.165, 1.54) is 19.3 Å². The van der Waals surface area contributed by atoms with Crippen molar-refractivity contribution in [3.8, 4) is 17.2 Å². The van der Waals surface area contributed by atoms with Crippen LogP contribution in [0.4, 0.5) is 0 Å². The summed E-state index contributed by atoms with van der Waals surface area (Å²) in [6.45, 7) is 4.49. The highest BCUT2D eigenvalue weighted by Gasteiger charge is 2.26. The molecule has 27 heavy (non-hydrogen) atoms. The molecule has 1 aliphatic carbocycles. The van der Waals surface area contributed by atoms with Crippen molar-refractivity contribution in [2.45, 2.75) is 19.3 Å². The minimum absolute atomic E-state index is 0.00880. The SMILES string of the molecule is COc1cc(C(=O)N2CCN(C[C@@H]3CC=CCC3)CC2)cc(OC)c1OC. The molecule has 0 N–H and O–H groups in total. The average molecular weight is 374 g/mol. The fourth-order valence-electron chi connectivity index (χ4n) is 3.91. The van der Waals surface area contributed by atoms with Crippen LogP contribution >= 0.6 is 0 Å². The summed E-state index contributed by atoms with van der Waals surface area (Å²) in [5.74, 6) is 2.28. The van der Waals surface area contributed by atoms with Crippen molar-refractivity contribution in [3.63, 3.8) is 0 Å². The molecular formula is C21H30N2O4. The van der Waals surface area contributed by atoms with E-state index in [2.05, 4.69) is 17.1 Å². The Morgan fingerprint density at radius 2 is 1.67 bits per heavy atom. The molecule has 3 rings (SSSR count). The van der Waals surface area contributed by atoms with Gasteiger partial charge in [0.05, 0.1) is 21.3 Å². The van der Waals surface area contributed by atoms with Crippen molar-refractivity contribution in [2.24, 2.45) is 5.92 Å². The molecule has 1 amide bonds. The Labute approximate surface area is 161 Å². The van der Waals surface area contributed by atoms with E-state index in [4.69, 9.17) is 14.2 Å². The third-order valence-electron chi connectivity index (χ3n) is 5.47. The van der Waals surface area contributed by atoms with Gasteiger partial charge in [0.15, 0.2) is 11.5 Å². The Kier molecular flexibility index (Phi) is 6.61. The number of benzene rings is 1. The second-order valence-corrected chi connectivity index (χ2v) is 7.16. The van der Waals surface area contributed by atoms with E-state index < -0.39 is 0 Å². The van der Waals surface area contributed by atoms with Crippen LogP contribution in [0.5, 0.6) is 17.2 Å². The fourth-order valence-corrected chi connectivity index (χ4v) is 3.91. The maximum absolute atomic E-state index is 13.0. The molecule has 1 fully saturated rings. The summed E-state index contributed by atoms with van der Waals surface area (Å²) in [4.78, 5) is 17.4. The van der Waals surface area contributed by atoms with Crippen molar-refractivity contribution in [1.29, 1.82) is 0 Å². The van der Waals surface area contributed by atoms with Crippen LogP contribution in [0.2, 0.25) is 0 Å². The van der Waals surface area contributed by atoms with Gasteiger partial charge in [0.1, 0.15) is 0 Å². The molecule has 2 aliphatic rings. The minimum atomic E-state index is 0.00880. The molecule has 1 aliphatic heterocycles. The van der Waals surface area contributed by atoms with Crippen LogP contribution in [0.25, 0.3) is 0 Å². The van der Waals surface area contributed by atoms with Crippen molar-refractivity contribution in [2.75, 3.05) is 54.1 Å². The number of piperazine rings is 1. The zero-order valence-electron chi connectivity index (χ0n) is 16.6. The normalized spacial score (nSPS) is 20.4. The van der Waals surface area contributed by atoms with Gasteiger partial charge in [-0.25, -0.2) is 0 Å². The van der Waals surface area contributed by atoms with Crippen LogP contribution in [-0.4, -0.2) is 69.8 Å². The number of nitrogens with zero attached hydrogens (tertiary/aromatic N) is 2. The summed E-state index contributed by atoms with van der Waals surface area (Å²) < 4.78 is 16.1. The molecule has 1 saturated heterocycles. The summed E-state index contributed by atoms with van der Waals surface area (Å²) in [6, 6.07) is 3.45. The van der Waals surface area contributed by atoms with Crippen molar-refractivity contribution in [3.05, 3.63) is 29.8 Å². The zero-order chi connectivity index (χ0) is 19.2. The predicted molar refractivity (Wildman–Crippen MR) is 105 cm³/mol. The van der Waals surface area contributed by atoms with Gasteiger partial charge in [0, 0.05) is 38.3 Å². The van der Waals surface area contributed by atoms with Gasteiger partial charge in [0.2, 0.25) is 5.75 Å². The molecule has 0 aromatic heterocycles. The summed E-state index contributed by atoms with van der Waals surface area (Å²) in [6.07, 6.45) is 8.25. The highest BCUT2D eigenvalue weighted by Crippen LogP contribution is 2.38. The third-order valence-corrected chi connectivity index (χ3v) is 5.47. The van der Waals surface area contributed by atoms with Gasteiger partial charge < -0.3 is 19.1 Å². The van der Waals surface area contributed by atoms with Crippen LogP contribution < -0.4 is 14.2 Å². The lowest BCUT2D eigenvalue weighted by Gasteiger charge is -2.36. The van der Waals surface area contributed by atoms with Gasteiger partial charge >= 0.3 is 0 Å². The van der Waals surface area contributed by atoms with Crippen LogP contribution in [-0.2, 0) is 0 Å². The zero-order valence-corrected chi connectivity index (χ0v) is 16.6. The molecule has 0 bridgehead atoms. The number of hydrogen-bond donors (Lipinski definition) is 0. The van der Waals surface area contributed by atoms with E-state index in [0.717, 1.165) is 38.6 Å². The number of carbonyl (C=O) groups is 1. The van der Waals surface area contributed by atoms with Gasteiger partial charge in [0.25, 0.3) is 5.91 Å². The molecular weight excluding hydrogens is 344 g/mol. The average Bonchev–Trinajstić information content (AvgIpc) is 2.73. The molecule has 6 heteroatoms. The second kappa shape index (κ2) is 9.13. The second-order valence-electron chi connectivity index (χ2n) is 7.16. The van der Waals surface area contributed by atoms with Crippen LogP contribution in [0.1, 0.15) is 29.6 Å². The first-order chi connectivity index (χ1) is 13.2. The third kappa shape index (κ3) is 4.56. The number of methoxy groups -OCH3 is 3. The lowest BCUT2D eigenvalue weighted by molar-refractivity contribution is 0.0613. The van der Waals surface area contributed by atoms with Crippen LogP contribution in [0, 0.1) is 5.92 Å². The number of ether oxygens (including phenoxy) is 3. The Hall–Kier alpha value is -2.21. The topological polar surface area (TPSA) is 51.2 Å². The number of hydrogen-bond acceptors (Lipinski definition) is 5. The highest BCUT2D eigenvalue weighted by atomic mass is 16.5. The quantitative estimate of drug-likeness (QED) is 0.717. The van der Waals surface area contributed by atoms with Gasteiger partial charge in [-0.3, -0.25) is 9.69 Å². The maximum atomic E-state index is 13.0. The first-order valence-electron chi connectivity index (χ1n) is 9.63. The molecule has 0 radical (unpaired) electrons. The number of amides is 1. The summed E-state index contributed by atoms with van der Waals surface area (Å²) in [5.41, 5.74) is 0.565. The van der Waals surface area contributed by atoms with E-state index in [1.54, 1.807) is 33.5 Å². The molecule has 0 spiro atoms. The highest BCUT2D eigenvalue weighted by molar-refractivity contribution is 5.95. The summed E-state index contributed by atoms with van der Waals surface area (Å²) in [7, 11) is 4.68. The summed E-state index contributed by atoms with van der Waals surface area (Å²) >= 11 is 0. The minimum Gasteiger partial charge on any atom is -0.493 e. The first-order valence-corrected chi connectivity index (χ1v) is 9.63. The Morgan fingerprint density at radius 3 is 2.19 bits per heavy atom. The van der Waals surface area contributed by atoms with E-state index in [-0.39, 0.29) is 5.91 Å². The number of carbonyl (C=O) groups excluding carboxylic acids is 1. The lowest BCUT2D eigenvalue weighted by atomic mass is 9.94. The number of allylic oxidation sites excluding steroid dienone is 2. The molecule has 1 aromatic rings. The molecule has 1 heterocycles. The van der Waals surface area contributed by atoms with Gasteiger partial charge in [-0.15, -0.1) is 0 Å². The Morgan fingerprint density at radius 1 is 1.00 bits per heavy atom. The molecule has 1 aromatic carbocycles. The molecule has 1 atom stereocenters. The van der Waals surface area contributed by atoms with E-state index in [9.17, 15) is 4.79 Å². The molecule has 6 nitrogen and oxygen atoms in total. The monoisotopic (exact) mass is 374 g/mol. The smallest absolute Gasteiger partial charge is 0.254 e. The molecule has 0 unspecified atom stereocenters. The standard InChI is InChI=1S/C21H30N2O4/c1-25-18-13-17(14-19(26-2)20(18)27-3)21(24)23-11-9-22(10-12-23)15-16-7-5-4-6-8-16/h4-5,13-14,16H,6-12,15H2,1-3H3/t16-/m1/s1. The summed E-state index contributed by atoms with van der Waals surface area (Å²) in [5, 5.41) is 0. The molecule has 148 valence electrons. The van der Waals surface area contributed by atoms with Gasteiger partial charge in [-0.2, -0.15) is 0 Å². The maximum Gasteiger partial charge on any atom is 0.254 e. The van der Waals surface area contributed by atoms with E-state index in [1.807, 2.05) is 4.90 Å².